The monoisotopic (exact) mass is 277 g/mol. The SMILES string of the molecule is CCOc1cc(-n2cc(C(=O)O)cn2)cc([N+](=O)[O-])c1. The molecule has 2 rings (SSSR count). The van der Waals surface area contributed by atoms with E-state index in [1.807, 2.05) is 0 Å². The Kier molecular flexibility index (Phi) is 3.65. The Balaban J connectivity index is 2.48. The van der Waals surface area contributed by atoms with Crippen LogP contribution in [0, 0.1) is 10.1 Å². The lowest BCUT2D eigenvalue weighted by Crippen LogP contribution is -2.00. The van der Waals surface area contributed by atoms with Crippen LogP contribution in [0.25, 0.3) is 5.69 Å². The van der Waals surface area contributed by atoms with Crippen LogP contribution in [0.5, 0.6) is 5.75 Å². The third kappa shape index (κ3) is 2.74. The molecule has 8 nitrogen and oxygen atoms in total. The number of non-ortho nitro benzene ring substituents is 1. The van der Waals surface area contributed by atoms with Gasteiger partial charge in [0.15, 0.2) is 0 Å². The molecule has 0 bridgehead atoms. The van der Waals surface area contributed by atoms with Gasteiger partial charge in [0.1, 0.15) is 5.75 Å². The van der Waals surface area contributed by atoms with E-state index in [2.05, 4.69) is 5.10 Å². The molecule has 2 aromatic rings. The Morgan fingerprint density at radius 1 is 1.50 bits per heavy atom. The van der Waals surface area contributed by atoms with Gasteiger partial charge in [-0.05, 0) is 6.92 Å². The van der Waals surface area contributed by atoms with E-state index in [0.717, 1.165) is 0 Å². The Morgan fingerprint density at radius 2 is 2.25 bits per heavy atom. The lowest BCUT2D eigenvalue weighted by Gasteiger charge is -2.06. The standard InChI is InChI=1S/C12H11N3O5/c1-2-20-11-4-9(3-10(5-11)15(18)19)14-7-8(6-13-14)12(16)17/h3-7H,2H2,1H3,(H,16,17). The van der Waals surface area contributed by atoms with E-state index in [1.165, 1.54) is 29.2 Å². The summed E-state index contributed by atoms with van der Waals surface area (Å²) in [4.78, 5) is 21.1. The van der Waals surface area contributed by atoms with Crippen LogP contribution < -0.4 is 4.74 Å². The number of carbonyl (C=O) groups is 1. The first kappa shape index (κ1) is 13.5. The maximum atomic E-state index is 10.9. The van der Waals surface area contributed by atoms with Gasteiger partial charge >= 0.3 is 5.97 Å². The van der Waals surface area contributed by atoms with Gasteiger partial charge in [0.05, 0.1) is 35.0 Å². The fourth-order valence-electron chi connectivity index (χ4n) is 1.63. The maximum Gasteiger partial charge on any atom is 0.338 e. The van der Waals surface area contributed by atoms with Crippen LogP contribution in [0.4, 0.5) is 5.69 Å². The van der Waals surface area contributed by atoms with Crippen molar-refractivity contribution in [3.8, 4) is 11.4 Å². The normalized spacial score (nSPS) is 10.2. The van der Waals surface area contributed by atoms with Crippen LogP contribution >= 0.6 is 0 Å². The molecular weight excluding hydrogens is 266 g/mol. The summed E-state index contributed by atoms with van der Waals surface area (Å²) in [6.07, 6.45) is 2.44. The van der Waals surface area contributed by atoms with Crippen LogP contribution in [0.3, 0.4) is 0 Å². The Labute approximate surface area is 113 Å². The van der Waals surface area contributed by atoms with Crippen molar-refractivity contribution < 1.29 is 19.6 Å². The summed E-state index contributed by atoms with van der Waals surface area (Å²) in [5.74, 6) is -0.796. The molecule has 0 radical (unpaired) electrons. The zero-order valence-electron chi connectivity index (χ0n) is 10.5. The third-order valence-corrected chi connectivity index (χ3v) is 2.49. The molecule has 1 heterocycles. The highest BCUT2D eigenvalue weighted by molar-refractivity contribution is 5.87. The Bertz CT molecular complexity index is 665. The first-order chi connectivity index (χ1) is 9.51. The number of nitro benzene ring substituents is 1. The van der Waals surface area contributed by atoms with Gasteiger partial charge in [0, 0.05) is 18.3 Å². The van der Waals surface area contributed by atoms with Gasteiger partial charge in [-0.2, -0.15) is 5.10 Å². The summed E-state index contributed by atoms with van der Waals surface area (Å²) >= 11 is 0. The molecule has 0 aliphatic rings. The van der Waals surface area contributed by atoms with E-state index in [-0.39, 0.29) is 11.3 Å². The van der Waals surface area contributed by atoms with Crippen molar-refractivity contribution in [1.82, 2.24) is 9.78 Å². The molecule has 1 aromatic heterocycles. The number of aromatic nitrogens is 2. The van der Waals surface area contributed by atoms with Gasteiger partial charge in [-0.1, -0.05) is 0 Å². The lowest BCUT2D eigenvalue weighted by molar-refractivity contribution is -0.384. The van der Waals surface area contributed by atoms with Crippen molar-refractivity contribution >= 4 is 11.7 Å². The van der Waals surface area contributed by atoms with Gasteiger partial charge < -0.3 is 9.84 Å². The maximum absolute atomic E-state index is 10.9. The fourth-order valence-corrected chi connectivity index (χ4v) is 1.63. The second-order valence-electron chi connectivity index (χ2n) is 3.85. The van der Waals surface area contributed by atoms with E-state index >= 15 is 0 Å². The quantitative estimate of drug-likeness (QED) is 0.660. The highest BCUT2D eigenvalue weighted by Gasteiger charge is 2.13. The van der Waals surface area contributed by atoms with Gasteiger partial charge in [-0.25, -0.2) is 9.48 Å². The van der Waals surface area contributed by atoms with E-state index in [4.69, 9.17) is 9.84 Å². The number of nitrogens with zero attached hydrogens (tertiary/aromatic N) is 3. The average Bonchev–Trinajstić information content (AvgIpc) is 2.88. The number of rotatable bonds is 5. The smallest absolute Gasteiger partial charge is 0.338 e. The van der Waals surface area contributed by atoms with Gasteiger partial charge in [0.25, 0.3) is 5.69 Å². The number of nitro groups is 1. The lowest BCUT2D eigenvalue weighted by atomic mass is 10.2. The number of carboxylic acids is 1. The minimum absolute atomic E-state index is 0.00512. The summed E-state index contributed by atoms with van der Waals surface area (Å²) in [6, 6.07) is 4.14. The number of hydrogen-bond acceptors (Lipinski definition) is 5. The minimum Gasteiger partial charge on any atom is -0.494 e. The summed E-state index contributed by atoms with van der Waals surface area (Å²) in [5.41, 5.74) is 0.197. The largest absolute Gasteiger partial charge is 0.494 e. The van der Waals surface area contributed by atoms with Crippen LogP contribution in [-0.2, 0) is 0 Å². The molecule has 0 aliphatic heterocycles. The molecule has 0 saturated heterocycles. The van der Waals surface area contributed by atoms with Crippen LogP contribution in [0.1, 0.15) is 17.3 Å². The predicted molar refractivity (Wildman–Crippen MR) is 68.3 cm³/mol. The molecule has 0 amide bonds. The van der Waals surface area contributed by atoms with Gasteiger partial charge in [-0.15, -0.1) is 0 Å². The molecule has 0 aliphatic carbocycles. The molecule has 0 fully saturated rings. The minimum atomic E-state index is -1.12. The molecule has 20 heavy (non-hydrogen) atoms. The van der Waals surface area contributed by atoms with Crippen molar-refractivity contribution in [2.24, 2.45) is 0 Å². The molecule has 8 heteroatoms. The summed E-state index contributed by atoms with van der Waals surface area (Å²) in [6.45, 7) is 2.12. The average molecular weight is 277 g/mol. The molecule has 1 N–H and O–H groups in total. The van der Waals surface area contributed by atoms with Crippen molar-refractivity contribution in [2.45, 2.75) is 6.92 Å². The van der Waals surface area contributed by atoms with Crippen LogP contribution in [0.2, 0.25) is 0 Å². The molecule has 0 atom stereocenters. The van der Waals surface area contributed by atoms with E-state index < -0.39 is 10.9 Å². The van der Waals surface area contributed by atoms with E-state index in [0.29, 0.717) is 18.0 Å². The van der Waals surface area contributed by atoms with Crippen LogP contribution in [-0.4, -0.2) is 32.4 Å². The summed E-state index contributed by atoms with van der Waals surface area (Å²) < 4.78 is 6.50. The molecular formula is C12H11N3O5. The molecule has 0 unspecified atom stereocenters. The third-order valence-electron chi connectivity index (χ3n) is 2.49. The van der Waals surface area contributed by atoms with Crippen molar-refractivity contribution in [3.05, 3.63) is 46.3 Å². The van der Waals surface area contributed by atoms with E-state index in [9.17, 15) is 14.9 Å². The van der Waals surface area contributed by atoms with Crippen molar-refractivity contribution in [2.75, 3.05) is 6.61 Å². The first-order valence-corrected chi connectivity index (χ1v) is 5.72. The van der Waals surface area contributed by atoms with Gasteiger partial charge in [0.2, 0.25) is 0 Å². The Hall–Kier alpha value is -2.90. The molecule has 0 saturated carbocycles. The zero-order chi connectivity index (χ0) is 14.7. The summed E-state index contributed by atoms with van der Waals surface area (Å²) in [5, 5.41) is 23.6. The van der Waals surface area contributed by atoms with E-state index in [1.54, 1.807) is 13.0 Å². The fraction of sp³-hybridized carbons (Fsp3) is 0.167. The highest BCUT2D eigenvalue weighted by atomic mass is 16.6. The molecule has 104 valence electrons. The topological polar surface area (TPSA) is 107 Å². The predicted octanol–water partition coefficient (Wildman–Crippen LogP) is 1.88. The number of hydrogen-bond donors (Lipinski definition) is 1. The molecule has 0 spiro atoms. The zero-order valence-corrected chi connectivity index (χ0v) is 10.5. The second kappa shape index (κ2) is 5.39. The van der Waals surface area contributed by atoms with Crippen LogP contribution in [0.15, 0.2) is 30.6 Å². The van der Waals surface area contributed by atoms with Crippen molar-refractivity contribution in [3.63, 3.8) is 0 Å². The first-order valence-electron chi connectivity index (χ1n) is 5.72. The second-order valence-corrected chi connectivity index (χ2v) is 3.85. The Morgan fingerprint density at radius 3 is 2.80 bits per heavy atom. The number of carboxylic acid groups (broad SMARTS) is 1. The summed E-state index contributed by atoms with van der Waals surface area (Å²) in [7, 11) is 0. The van der Waals surface area contributed by atoms with Gasteiger partial charge in [-0.3, -0.25) is 10.1 Å². The molecule has 1 aromatic carbocycles. The number of aromatic carboxylic acids is 1. The number of ether oxygens (including phenoxy) is 1. The number of benzene rings is 1. The highest BCUT2D eigenvalue weighted by Crippen LogP contribution is 2.25. The van der Waals surface area contributed by atoms with Crippen molar-refractivity contribution in [1.29, 1.82) is 0 Å².